The molecule has 1 aromatic carbocycles. The van der Waals surface area contributed by atoms with E-state index in [4.69, 9.17) is 10.00 Å². The monoisotopic (exact) mass is 318 g/mol. The van der Waals surface area contributed by atoms with Crippen LogP contribution in [0, 0.1) is 11.3 Å². The Morgan fingerprint density at radius 3 is 2.92 bits per heavy atom. The lowest BCUT2D eigenvalue weighted by Crippen LogP contribution is -2.56. The summed E-state index contributed by atoms with van der Waals surface area (Å²) < 4.78 is 5.70. The molecule has 3 aromatic rings. The van der Waals surface area contributed by atoms with E-state index in [0.717, 1.165) is 10.9 Å². The van der Waals surface area contributed by atoms with Crippen LogP contribution in [0.1, 0.15) is 15.9 Å². The Morgan fingerprint density at radius 2 is 2.17 bits per heavy atom. The zero-order chi connectivity index (χ0) is 16.5. The van der Waals surface area contributed by atoms with Crippen LogP contribution in [0.15, 0.2) is 48.8 Å². The molecule has 0 bridgehead atoms. The van der Waals surface area contributed by atoms with Gasteiger partial charge in [0.15, 0.2) is 0 Å². The molecule has 6 nitrogen and oxygen atoms in total. The smallest absolute Gasteiger partial charge is 0.254 e. The van der Waals surface area contributed by atoms with Crippen LogP contribution in [0.25, 0.3) is 10.9 Å². The molecule has 1 saturated heterocycles. The second-order valence-electron chi connectivity index (χ2n) is 5.73. The average molecular weight is 318 g/mol. The molecular formula is C18H14N4O2. The van der Waals surface area contributed by atoms with E-state index in [2.05, 4.69) is 9.97 Å². The van der Waals surface area contributed by atoms with E-state index < -0.39 is 0 Å². The number of hydrogen-bond acceptors (Lipinski definition) is 4. The van der Waals surface area contributed by atoms with Crippen LogP contribution < -0.4 is 4.74 Å². The molecule has 2 aromatic heterocycles. The Hall–Kier alpha value is -3.33. The van der Waals surface area contributed by atoms with Gasteiger partial charge in [0.25, 0.3) is 5.91 Å². The van der Waals surface area contributed by atoms with Gasteiger partial charge in [-0.1, -0.05) is 0 Å². The van der Waals surface area contributed by atoms with Gasteiger partial charge in [0, 0.05) is 34.9 Å². The van der Waals surface area contributed by atoms with Crippen molar-refractivity contribution in [1.82, 2.24) is 14.9 Å². The van der Waals surface area contributed by atoms with E-state index in [1.54, 1.807) is 17.0 Å². The number of nitrogens with one attached hydrogen (secondary N) is 1. The van der Waals surface area contributed by atoms with Gasteiger partial charge in [-0.2, -0.15) is 5.26 Å². The second-order valence-corrected chi connectivity index (χ2v) is 5.73. The predicted molar refractivity (Wildman–Crippen MR) is 87.6 cm³/mol. The van der Waals surface area contributed by atoms with Crippen LogP contribution in [0.2, 0.25) is 0 Å². The summed E-state index contributed by atoms with van der Waals surface area (Å²) in [6.07, 6.45) is 3.27. The Kier molecular flexibility index (Phi) is 3.39. The SMILES string of the molecule is N#Cc1ccc(OC2CN(C(=O)c3ccc4[nH]ccc4c3)C2)nc1. The van der Waals surface area contributed by atoms with Gasteiger partial charge in [0.05, 0.1) is 18.7 Å². The standard InChI is InChI=1S/C18H14N4O2/c19-8-12-1-4-17(21-9-12)24-15-10-22(11-15)18(23)14-2-3-16-13(7-14)5-6-20-16/h1-7,9,15,20H,10-11H2. The maximum absolute atomic E-state index is 12.5. The normalized spacial score (nSPS) is 14.2. The van der Waals surface area contributed by atoms with Gasteiger partial charge in [-0.3, -0.25) is 4.79 Å². The lowest BCUT2D eigenvalue weighted by Gasteiger charge is -2.38. The summed E-state index contributed by atoms with van der Waals surface area (Å²) in [6, 6.07) is 12.9. The Balaban J connectivity index is 1.37. The van der Waals surface area contributed by atoms with Crippen molar-refractivity contribution in [3.8, 4) is 11.9 Å². The van der Waals surface area contributed by atoms with E-state index in [1.165, 1.54) is 6.20 Å². The first kappa shape index (κ1) is 14.3. The molecule has 0 radical (unpaired) electrons. The van der Waals surface area contributed by atoms with E-state index in [1.807, 2.05) is 36.5 Å². The molecule has 1 amide bonds. The third-order valence-electron chi connectivity index (χ3n) is 4.09. The van der Waals surface area contributed by atoms with E-state index in [9.17, 15) is 4.79 Å². The lowest BCUT2D eigenvalue weighted by atomic mass is 10.1. The molecule has 118 valence electrons. The summed E-state index contributed by atoms with van der Waals surface area (Å²) in [4.78, 5) is 21.4. The third-order valence-corrected chi connectivity index (χ3v) is 4.09. The number of ether oxygens (including phenoxy) is 1. The molecule has 1 N–H and O–H groups in total. The van der Waals surface area contributed by atoms with Crippen molar-refractivity contribution >= 4 is 16.8 Å². The van der Waals surface area contributed by atoms with Crippen LogP contribution in [0.5, 0.6) is 5.88 Å². The number of hydrogen-bond donors (Lipinski definition) is 1. The van der Waals surface area contributed by atoms with E-state index in [-0.39, 0.29) is 12.0 Å². The summed E-state index contributed by atoms with van der Waals surface area (Å²) in [6.45, 7) is 1.07. The Labute approximate surface area is 138 Å². The number of nitriles is 1. The second kappa shape index (κ2) is 5.70. The van der Waals surface area contributed by atoms with E-state index >= 15 is 0 Å². The van der Waals surface area contributed by atoms with Crippen LogP contribution in [-0.4, -0.2) is 40.0 Å². The minimum Gasteiger partial charge on any atom is -0.471 e. The number of rotatable bonds is 3. The molecule has 3 heterocycles. The number of carbonyl (C=O) groups is 1. The van der Waals surface area contributed by atoms with Crippen LogP contribution >= 0.6 is 0 Å². The summed E-state index contributed by atoms with van der Waals surface area (Å²) in [5, 5.41) is 9.77. The molecule has 24 heavy (non-hydrogen) atoms. The molecule has 0 atom stereocenters. The fraction of sp³-hybridized carbons (Fsp3) is 0.167. The maximum atomic E-state index is 12.5. The minimum atomic E-state index is -0.0645. The summed E-state index contributed by atoms with van der Waals surface area (Å²) >= 11 is 0. The zero-order valence-corrected chi connectivity index (χ0v) is 12.8. The molecule has 0 unspecified atom stereocenters. The molecule has 1 aliphatic heterocycles. The van der Waals surface area contributed by atoms with Crippen molar-refractivity contribution in [1.29, 1.82) is 5.26 Å². The largest absolute Gasteiger partial charge is 0.471 e. The number of nitrogens with zero attached hydrogens (tertiary/aromatic N) is 3. The van der Waals surface area contributed by atoms with Gasteiger partial charge in [-0.15, -0.1) is 0 Å². The third kappa shape index (κ3) is 2.57. The number of likely N-dealkylation sites (tertiary alicyclic amines) is 1. The van der Waals surface area contributed by atoms with Crippen molar-refractivity contribution in [2.75, 3.05) is 13.1 Å². The van der Waals surface area contributed by atoms with Gasteiger partial charge in [0.2, 0.25) is 5.88 Å². The Morgan fingerprint density at radius 1 is 1.29 bits per heavy atom. The van der Waals surface area contributed by atoms with Gasteiger partial charge in [0.1, 0.15) is 12.2 Å². The lowest BCUT2D eigenvalue weighted by molar-refractivity contribution is 0.0160. The van der Waals surface area contributed by atoms with Crippen molar-refractivity contribution < 1.29 is 9.53 Å². The van der Waals surface area contributed by atoms with Gasteiger partial charge in [-0.25, -0.2) is 4.98 Å². The number of fused-ring (bicyclic) bond motifs is 1. The highest BCUT2D eigenvalue weighted by Gasteiger charge is 2.33. The summed E-state index contributed by atoms with van der Waals surface area (Å²) in [7, 11) is 0. The molecule has 0 spiro atoms. The van der Waals surface area contributed by atoms with Crippen molar-refractivity contribution in [2.45, 2.75) is 6.10 Å². The van der Waals surface area contributed by atoms with Crippen molar-refractivity contribution in [2.24, 2.45) is 0 Å². The number of aromatic nitrogens is 2. The maximum Gasteiger partial charge on any atom is 0.254 e. The van der Waals surface area contributed by atoms with E-state index in [0.29, 0.717) is 30.1 Å². The van der Waals surface area contributed by atoms with Crippen LogP contribution in [0.4, 0.5) is 0 Å². The van der Waals surface area contributed by atoms with Crippen molar-refractivity contribution in [3.05, 3.63) is 59.9 Å². The fourth-order valence-electron chi connectivity index (χ4n) is 2.73. The summed E-state index contributed by atoms with van der Waals surface area (Å²) in [5.74, 6) is 0.477. The number of carbonyl (C=O) groups excluding carboxylic acids is 1. The first-order valence-electron chi connectivity index (χ1n) is 7.62. The first-order chi connectivity index (χ1) is 11.7. The zero-order valence-electron chi connectivity index (χ0n) is 12.8. The molecule has 6 heteroatoms. The molecular weight excluding hydrogens is 304 g/mol. The van der Waals surface area contributed by atoms with Crippen LogP contribution in [-0.2, 0) is 0 Å². The fourth-order valence-corrected chi connectivity index (χ4v) is 2.73. The molecule has 1 fully saturated rings. The highest BCUT2D eigenvalue weighted by atomic mass is 16.5. The average Bonchev–Trinajstić information content (AvgIpc) is 3.05. The predicted octanol–water partition coefficient (Wildman–Crippen LogP) is 2.34. The minimum absolute atomic E-state index is 0.00531. The quantitative estimate of drug-likeness (QED) is 0.803. The molecule has 0 aliphatic carbocycles. The number of H-pyrrole nitrogens is 1. The molecule has 0 saturated carbocycles. The topological polar surface area (TPSA) is 82.0 Å². The van der Waals surface area contributed by atoms with Crippen molar-refractivity contribution in [3.63, 3.8) is 0 Å². The Bertz CT molecular complexity index is 934. The van der Waals surface area contributed by atoms with Crippen LogP contribution in [0.3, 0.4) is 0 Å². The molecule has 1 aliphatic rings. The summed E-state index contributed by atoms with van der Waals surface area (Å²) in [5.41, 5.74) is 2.19. The van der Waals surface area contributed by atoms with Gasteiger partial charge >= 0.3 is 0 Å². The first-order valence-corrected chi connectivity index (χ1v) is 7.62. The highest BCUT2D eigenvalue weighted by molar-refractivity contribution is 5.98. The highest BCUT2D eigenvalue weighted by Crippen LogP contribution is 2.21. The van der Waals surface area contributed by atoms with Gasteiger partial charge in [-0.05, 0) is 30.3 Å². The number of benzene rings is 1. The number of aromatic amines is 1. The van der Waals surface area contributed by atoms with Gasteiger partial charge < -0.3 is 14.6 Å². The molecule has 4 rings (SSSR count). The number of amides is 1. The number of pyridine rings is 1.